The second-order valence-corrected chi connectivity index (χ2v) is 5.00. The van der Waals surface area contributed by atoms with Gasteiger partial charge in [0, 0.05) is 0 Å². The Morgan fingerprint density at radius 1 is 1.32 bits per heavy atom. The topological polar surface area (TPSA) is 103 Å². The Morgan fingerprint density at radius 3 is 2.68 bits per heavy atom. The number of carbonyl (C=O) groups excluding carboxylic acids is 2. The lowest BCUT2D eigenvalue weighted by Gasteiger charge is -2.16. The number of methoxy groups -OCH3 is 1. The van der Waals surface area contributed by atoms with Crippen molar-refractivity contribution in [1.29, 1.82) is 0 Å². The van der Waals surface area contributed by atoms with Gasteiger partial charge in [-0.2, -0.15) is 5.10 Å². The van der Waals surface area contributed by atoms with Gasteiger partial charge in [0.05, 0.1) is 19.4 Å². The molecule has 22 heavy (non-hydrogen) atoms. The molecular weight excluding hydrogens is 286 g/mol. The first kappa shape index (κ1) is 15.8. The normalized spacial score (nSPS) is 15.0. The van der Waals surface area contributed by atoms with Gasteiger partial charge in [0.2, 0.25) is 0 Å². The zero-order chi connectivity index (χ0) is 15.9. The summed E-state index contributed by atoms with van der Waals surface area (Å²) >= 11 is 0. The van der Waals surface area contributed by atoms with Crippen LogP contribution in [-0.4, -0.2) is 31.2 Å². The molecule has 0 aliphatic heterocycles. The Morgan fingerprint density at radius 2 is 2.05 bits per heavy atom. The molecule has 0 aromatic heterocycles. The molecule has 0 spiro atoms. The number of nitrogens with two attached hydrogens (primary N) is 1. The van der Waals surface area contributed by atoms with Crippen molar-refractivity contribution in [1.82, 2.24) is 5.43 Å². The van der Waals surface area contributed by atoms with E-state index < -0.39 is 11.8 Å². The van der Waals surface area contributed by atoms with Gasteiger partial charge in [0.15, 0.2) is 11.5 Å². The average molecular weight is 305 g/mol. The molecule has 3 N–H and O–H groups in total. The van der Waals surface area contributed by atoms with Gasteiger partial charge in [0.1, 0.15) is 0 Å². The van der Waals surface area contributed by atoms with Crippen molar-refractivity contribution >= 4 is 18.0 Å². The average Bonchev–Trinajstić information content (AvgIpc) is 3.00. The van der Waals surface area contributed by atoms with Gasteiger partial charge in [-0.1, -0.05) is 0 Å². The van der Waals surface area contributed by atoms with E-state index in [1.54, 1.807) is 25.3 Å². The maximum Gasteiger partial charge on any atom is 0.329 e. The summed E-state index contributed by atoms with van der Waals surface area (Å²) in [4.78, 5) is 21.6. The van der Waals surface area contributed by atoms with Crippen LogP contribution < -0.4 is 20.6 Å². The summed E-state index contributed by atoms with van der Waals surface area (Å²) < 4.78 is 11.2. The minimum absolute atomic E-state index is 0.204. The quantitative estimate of drug-likeness (QED) is 0.480. The number of primary amides is 1. The molecular formula is C15H19N3O4. The molecule has 2 amide bonds. The standard InChI is InChI=1S/C15H19N3O4/c1-21-12-7-6-10(9-17-18-15(20)14(16)19)8-13(12)22-11-4-2-3-5-11/h6-9,11H,2-5H2,1H3,(H2,16,19)(H,18,20)/b17-9+. The number of amides is 2. The highest BCUT2D eigenvalue weighted by Gasteiger charge is 2.18. The number of carbonyl (C=O) groups is 2. The molecule has 0 saturated heterocycles. The van der Waals surface area contributed by atoms with Crippen molar-refractivity contribution in [2.24, 2.45) is 10.8 Å². The largest absolute Gasteiger partial charge is 0.493 e. The first-order chi connectivity index (χ1) is 10.6. The molecule has 7 heteroatoms. The minimum Gasteiger partial charge on any atom is -0.493 e. The van der Waals surface area contributed by atoms with Crippen LogP contribution in [-0.2, 0) is 9.59 Å². The lowest BCUT2D eigenvalue weighted by molar-refractivity contribution is -0.137. The molecule has 118 valence electrons. The number of nitrogens with zero attached hydrogens (tertiary/aromatic N) is 1. The predicted octanol–water partition coefficient (Wildman–Crippen LogP) is 0.952. The van der Waals surface area contributed by atoms with Crippen molar-refractivity contribution in [3.05, 3.63) is 23.8 Å². The van der Waals surface area contributed by atoms with Crippen LogP contribution in [0, 0.1) is 0 Å². The molecule has 2 rings (SSSR count). The Hall–Kier alpha value is -2.57. The van der Waals surface area contributed by atoms with Gasteiger partial charge in [-0.15, -0.1) is 0 Å². The van der Waals surface area contributed by atoms with E-state index in [9.17, 15) is 9.59 Å². The summed E-state index contributed by atoms with van der Waals surface area (Å²) in [6, 6.07) is 5.30. The van der Waals surface area contributed by atoms with Crippen molar-refractivity contribution in [2.75, 3.05) is 7.11 Å². The summed E-state index contributed by atoms with van der Waals surface area (Å²) in [5.41, 5.74) is 7.55. The number of hydrogen-bond acceptors (Lipinski definition) is 5. The molecule has 1 fully saturated rings. The van der Waals surface area contributed by atoms with Crippen LogP contribution in [0.5, 0.6) is 11.5 Å². The SMILES string of the molecule is COc1ccc(/C=N/NC(=O)C(N)=O)cc1OC1CCCC1. The molecule has 1 aromatic rings. The lowest BCUT2D eigenvalue weighted by Crippen LogP contribution is -2.32. The molecule has 1 aliphatic rings. The third kappa shape index (κ3) is 4.21. The molecule has 0 unspecified atom stereocenters. The highest BCUT2D eigenvalue weighted by molar-refractivity contribution is 6.34. The fraction of sp³-hybridized carbons (Fsp3) is 0.400. The minimum atomic E-state index is -1.09. The van der Waals surface area contributed by atoms with Crippen molar-refractivity contribution in [3.8, 4) is 11.5 Å². The smallest absolute Gasteiger partial charge is 0.329 e. The van der Waals surface area contributed by atoms with E-state index in [0.29, 0.717) is 17.1 Å². The van der Waals surface area contributed by atoms with Crippen molar-refractivity contribution < 1.29 is 19.1 Å². The summed E-state index contributed by atoms with van der Waals surface area (Å²) in [6.45, 7) is 0. The van der Waals surface area contributed by atoms with E-state index in [0.717, 1.165) is 12.8 Å². The van der Waals surface area contributed by atoms with Crippen LogP contribution >= 0.6 is 0 Å². The van der Waals surface area contributed by atoms with Crippen molar-refractivity contribution in [3.63, 3.8) is 0 Å². The van der Waals surface area contributed by atoms with Crippen LogP contribution in [0.1, 0.15) is 31.2 Å². The predicted molar refractivity (Wildman–Crippen MR) is 80.8 cm³/mol. The number of hydrogen-bond donors (Lipinski definition) is 2. The summed E-state index contributed by atoms with van der Waals surface area (Å²) in [5, 5.41) is 3.67. The number of ether oxygens (including phenoxy) is 2. The van der Waals surface area contributed by atoms with Crippen LogP contribution in [0.4, 0.5) is 0 Å². The molecule has 0 atom stereocenters. The van der Waals surface area contributed by atoms with Crippen LogP contribution in [0.25, 0.3) is 0 Å². The first-order valence-corrected chi connectivity index (χ1v) is 7.07. The molecule has 0 radical (unpaired) electrons. The summed E-state index contributed by atoms with van der Waals surface area (Å²) in [7, 11) is 1.58. The van der Waals surface area contributed by atoms with Gasteiger partial charge in [-0.05, 0) is 49.4 Å². The van der Waals surface area contributed by atoms with E-state index >= 15 is 0 Å². The molecule has 7 nitrogen and oxygen atoms in total. The highest BCUT2D eigenvalue weighted by atomic mass is 16.5. The Balaban J connectivity index is 2.07. The molecule has 1 saturated carbocycles. The zero-order valence-corrected chi connectivity index (χ0v) is 12.4. The highest BCUT2D eigenvalue weighted by Crippen LogP contribution is 2.32. The van der Waals surface area contributed by atoms with E-state index in [1.807, 2.05) is 5.43 Å². The number of nitrogens with one attached hydrogen (secondary N) is 1. The molecule has 0 heterocycles. The second-order valence-electron chi connectivity index (χ2n) is 5.00. The van der Waals surface area contributed by atoms with Crippen molar-refractivity contribution in [2.45, 2.75) is 31.8 Å². The van der Waals surface area contributed by atoms with Gasteiger partial charge in [-0.25, -0.2) is 5.43 Å². The van der Waals surface area contributed by atoms with E-state index in [1.165, 1.54) is 19.1 Å². The Labute approximate surface area is 128 Å². The summed E-state index contributed by atoms with van der Waals surface area (Å²) in [5.74, 6) is -0.769. The van der Waals surface area contributed by atoms with Crippen LogP contribution in [0.15, 0.2) is 23.3 Å². The van der Waals surface area contributed by atoms with E-state index in [4.69, 9.17) is 15.2 Å². The third-order valence-corrected chi connectivity index (χ3v) is 3.39. The Bertz CT molecular complexity index is 580. The lowest BCUT2D eigenvalue weighted by atomic mass is 10.2. The van der Waals surface area contributed by atoms with Gasteiger partial charge < -0.3 is 15.2 Å². The number of rotatable bonds is 5. The van der Waals surface area contributed by atoms with Gasteiger partial charge in [0.25, 0.3) is 0 Å². The number of benzene rings is 1. The maximum absolute atomic E-state index is 11.0. The maximum atomic E-state index is 11.0. The molecule has 0 bridgehead atoms. The number of hydrazone groups is 1. The van der Waals surface area contributed by atoms with Gasteiger partial charge >= 0.3 is 11.8 Å². The first-order valence-electron chi connectivity index (χ1n) is 7.07. The zero-order valence-electron chi connectivity index (χ0n) is 12.4. The van der Waals surface area contributed by atoms with Crippen LogP contribution in [0.3, 0.4) is 0 Å². The van der Waals surface area contributed by atoms with Crippen LogP contribution in [0.2, 0.25) is 0 Å². The Kier molecular flexibility index (Phi) is 5.35. The monoisotopic (exact) mass is 305 g/mol. The second kappa shape index (κ2) is 7.44. The third-order valence-electron chi connectivity index (χ3n) is 3.39. The molecule has 1 aliphatic carbocycles. The van der Waals surface area contributed by atoms with E-state index in [2.05, 4.69) is 5.10 Å². The summed E-state index contributed by atoms with van der Waals surface area (Å²) in [6.07, 6.45) is 6.03. The molecule has 1 aromatic carbocycles. The fourth-order valence-electron chi connectivity index (χ4n) is 2.27. The van der Waals surface area contributed by atoms with Gasteiger partial charge in [-0.3, -0.25) is 9.59 Å². The fourth-order valence-corrected chi connectivity index (χ4v) is 2.27. The van der Waals surface area contributed by atoms with E-state index in [-0.39, 0.29) is 6.10 Å².